The summed E-state index contributed by atoms with van der Waals surface area (Å²) in [5.41, 5.74) is 3.21. The van der Waals surface area contributed by atoms with Gasteiger partial charge in [0.15, 0.2) is 5.17 Å². The molecule has 2 aromatic carbocycles. The highest BCUT2D eigenvalue weighted by molar-refractivity contribution is 8.14. The maximum absolute atomic E-state index is 12.9. The van der Waals surface area contributed by atoms with E-state index in [1.54, 1.807) is 4.90 Å². The van der Waals surface area contributed by atoms with Gasteiger partial charge in [-0.15, -0.1) is 0 Å². The summed E-state index contributed by atoms with van der Waals surface area (Å²) in [6.07, 6.45) is 2.45. The first-order chi connectivity index (χ1) is 17.0. The number of fused-ring (bicyclic) bond motifs is 3. The molecule has 2 aliphatic rings. The van der Waals surface area contributed by atoms with E-state index < -0.39 is 6.04 Å². The molecule has 3 amide bonds. The first-order valence-corrected chi connectivity index (χ1v) is 12.8. The lowest BCUT2D eigenvalue weighted by atomic mass is 10.1. The van der Waals surface area contributed by atoms with Crippen LogP contribution in [0, 0.1) is 6.92 Å². The number of hydrogen-bond donors (Lipinski definition) is 2. The Hall–Kier alpha value is -3.46. The number of carbonyl (C=O) groups is 3. The van der Waals surface area contributed by atoms with Gasteiger partial charge in [0.25, 0.3) is 5.91 Å². The molecular weight excluding hydrogens is 462 g/mol. The van der Waals surface area contributed by atoms with Crippen molar-refractivity contribution in [3.63, 3.8) is 0 Å². The molecule has 9 heteroatoms. The number of aliphatic imine (C=N–C) groups is 2. The highest BCUT2D eigenvalue weighted by Crippen LogP contribution is 2.35. The van der Waals surface area contributed by atoms with Crippen LogP contribution >= 0.6 is 11.8 Å². The number of para-hydroxylation sites is 2. The number of rotatable bonds is 9. The number of hydrogen-bond acceptors (Lipinski definition) is 6. The Labute approximate surface area is 209 Å². The number of amidine groups is 2. The quantitative estimate of drug-likeness (QED) is 0.516. The van der Waals surface area contributed by atoms with Crippen molar-refractivity contribution in [1.29, 1.82) is 0 Å². The fourth-order valence-electron chi connectivity index (χ4n) is 3.97. The summed E-state index contributed by atoms with van der Waals surface area (Å²) in [6, 6.07) is 14.5. The number of benzene rings is 2. The second-order valence-electron chi connectivity index (χ2n) is 8.46. The van der Waals surface area contributed by atoms with Gasteiger partial charge >= 0.3 is 0 Å². The van der Waals surface area contributed by atoms with Crippen LogP contribution in [0.2, 0.25) is 0 Å². The second-order valence-corrected chi connectivity index (χ2v) is 9.41. The van der Waals surface area contributed by atoms with E-state index >= 15 is 0 Å². The topological polar surface area (TPSA) is 103 Å². The standard InChI is InChI=1S/C26H29N5O3S/c1-3-4-15-27-22(32)14-13-21-25(34)30-24-18-10-6-8-12-20(18)29-26(31(21)24)35-16-23(33)28-19-11-7-5-9-17(19)2/h5-12,21H,3-4,13-16H2,1-2H3,(H,27,32)(H,28,33). The maximum atomic E-state index is 12.9. The first-order valence-electron chi connectivity index (χ1n) is 11.8. The molecule has 35 heavy (non-hydrogen) atoms. The van der Waals surface area contributed by atoms with Crippen molar-refractivity contribution in [3.8, 4) is 0 Å². The lowest BCUT2D eigenvalue weighted by Gasteiger charge is -2.31. The second kappa shape index (κ2) is 11.3. The minimum atomic E-state index is -0.624. The molecule has 0 radical (unpaired) electrons. The van der Waals surface area contributed by atoms with Gasteiger partial charge < -0.3 is 10.6 Å². The van der Waals surface area contributed by atoms with Crippen LogP contribution in [0.1, 0.15) is 43.7 Å². The van der Waals surface area contributed by atoms with Crippen LogP contribution in [0.4, 0.5) is 11.4 Å². The van der Waals surface area contributed by atoms with Gasteiger partial charge in [0.1, 0.15) is 11.9 Å². The van der Waals surface area contributed by atoms with Crippen molar-refractivity contribution in [2.24, 2.45) is 9.98 Å². The highest BCUT2D eigenvalue weighted by atomic mass is 32.2. The predicted octanol–water partition coefficient (Wildman–Crippen LogP) is 4.02. The summed E-state index contributed by atoms with van der Waals surface area (Å²) in [4.78, 5) is 48.7. The number of carbonyl (C=O) groups excluding carboxylic acids is 3. The lowest BCUT2D eigenvalue weighted by Crippen LogP contribution is -2.44. The first kappa shape index (κ1) is 24.7. The van der Waals surface area contributed by atoms with Crippen molar-refractivity contribution < 1.29 is 14.4 Å². The van der Waals surface area contributed by atoms with E-state index in [0.29, 0.717) is 29.7 Å². The van der Waals surface area contributed by atoms with Gasteiger partial charge in [-0.1, -0.05) is 55.4 Å². The van der Waals surface area contributed by atoms with Crippen LogP contribution < -0.4 is 10.6 Å². The third kappa shape index (κ3) is 5.79. The molecule has 182 valence electrons. The van der Waals surface area contributed by atoms with Crippen LogP contribution in [-0.2, 0) is 14.4 Å². The van der Waals surface area contributed by atoms with Gasteiger partial charge in [0, 0.05) is 24.2 Å². The number of thioether (sulfide) groups is 1. The van der Waals surface area contributed by atoms with Crippen LogP contribution in [0.5, 0.6) is 0 Å². The van der Waals surface area contributed by atoms with Gasteiger partial charge in [0.2, 0.25) is 11.8 Å². The molecule has 0 bridgehead atoms. The van der Waals surface area contributed by atoms with E-state index in [1.807, 2.05) is 55.5 Å². The normalized spacial score (nSPS) is 16.2. The number of aryl methyl sites for hydroxylation is 1. The highest BCUT2D eigenvalue weighted by Gasteiger charge is 2.41. The lowest BCUT2D eigenvalue weighted by molar-refractivity contribution is -0.122. The minimum Gasteiger partial charge on any atom is -0.356 e. The van der Waals surface area contributed by atoms with Crippen molar-refractivity contribution in [2.75, 3.05) is 17.6 Å². The van der Waals surface area contributed by atoms with E-state index in [4.69, 9.17) is 4.99 Å². The Morgan fingerprint density at radius 2 is 1.83 bits per heavy atom. The molecule has 8 nitrogen and oxygen atoms in total. The van der Waals surface area contributed by atoms with Crippen LogP contribution in [0.25, 0.3) is 0 Å². The van der Waals surface area contributed by atoms with E-state index in [0.717, 1.165) is 29.7 Å². The summed E-state index contributed by atoms with van der Waals surface area (Å²) >= 11 is 1.26. The number of nitrogens with one attached hydrogen (secondary N) is 2. The largest absolute Gasteiger partial charge is 0.356 e. The molecule has 2 heterocycles. The summed E-state index contributed by atoms with van der Waals surface area (Å²) < 4.78 is 0. The van der Waals surface area contributed by atoms with Crippen LogP contribution in [0.15, 0.2) is 58.5 Å². The fourth-order valence-corrected chi connectivity index (χ4v) is 4.81. The molecule has 4 rings (SSSR count). The van der Waals surface area contributed by atoms with E-state index in [-0.39, 0.29) is 29.9 Å². The number of unbranched alkanes of at least 4 members (excludes halogenated alkanes) is 1. The molecule has 0 saturated heterocycles. The molecule has 2 aliphatic heterocycles. The molecule has 2 aromatic rings. The Kier molecular flexibility index (Phi) is 7.97. The summed E-state index contributed by atoms with van der Waals surface area (Å²) in [7, 11) is 0. The molecule has 0 aliphatic carbocycles. The molecule has 0 fully saturated rings. The fraction of sp³-hybridized carbons (Fsp3) is 0.346. The van der Waals surface area contributed by atoms with Gasteiger partial charge in [0.05, 0.1) is 11.4 Å². The minimum absolute atomic E-state index is 0.0825. The monoisotopic (exact) mass is 491 g/mol. The smallest absolute Gasteiger partial charge is 0.270 e. The van der Waals surface area contributed by atoms with Crippen molar-refractivity contribution in [3.05, 3.63) is 59.7 Å². The van der Waals surface area contributed by atoms with Crippen molar-refractivity contribution in [2.45, 2.75) is 45.6 Å². The Morgan fingerprint density at radius 3 is 2.63 bits per heavy atom. The molecule has 0 saturated carbocycles. The zero-order valence-corrected chi connectivity index (χ0v) is 20.7. The van der Waals surface area contributed by atoms with E-state index in [9.17, 15) is 14.4 Å². The zero-order chi connectivity index (χ0) is 24.8. The average Bonchev–Trinajstić information content (AvgIpc) is 3.19. The number of amides is 3. The summed E-state index contributed by atoms with van der Waals surface area (Å²) in [5, 5.41) is 6.36. The molecule has 0 spiro atoms. The molecule has 1 unspecified atom stereocenters. The molecule has 0 aromatic heterocycles. The van der Waals surface area contributed by atoms with Gasteiger partial charge in [-0.05, 0) is 43.5 Å². The van der Waals surface area contributed by atoms with Gasteiger partial charge in [-0.25, -0.2) is 4.99 Å². The Morgan fingerprint density at radius 1 is 1.06 bits per heavy atom. The van der Waals surface area contributed by atoms with Crippen molar-refractivity contribution >= 4 is 51.9 Å². The van der Waals surface area contributed by atoms with Crippen LogP contribution in [-0.4, -0.2) is 52.0 Å². The van der Waals surface area contributed by atoms with Gasteiger partial charge in [-0.3, -0.25) is 19.3 Å². The van der Waals surface area contributed by atoms with Crippen molar-refractivity contribution in [1.82, 2.24) is 10.2 Å². The maximum Gasteiger partial charge on any atom is 0.270 e. The number of nitrogens with zero attached hydrogens (tertiary/aromatic N) is 3. The molecular formula is C26H29N5O3S. The van der Waals surface area contributed by atoms with Crippen LogP contribution in [0.3, 0.4) is 0 Å². The SMILES string of the molecule is CCCCNC(=O)CCC1C(=O)N=C2c3ccccc3N=C(SCC(=O)Nc3ccccc3C)N21. The Balaban J connectivity index is 1.49. The van der Waals surface area contributed by atoms with E-state index in [2.05, 4.69) is 22.5 Å². The van der Waals surface area contributed by atoms with E-state index in [1.165, 1.54) is 11.8 Å². The molecule has 2 N–H and O–H groups in total. The predicted molar refractivity (Wildman–Crippen MR) is 140 cm³/mol. The molecule has 1 atom stereocenters. The van der Waals surface area contributed by atoms with Gasteiger partial charge in [-0.2, -0.15) is 4.99 Å². The Bertz CT molecular complexity index is 1190. The third-order valence-corrected chi connectivity index (χ3v) is 6.81. The average molecular weight is 492 g/mol. The summed E-state index contributed by atoms with van der Waals surface area (Å²) in [6.45, 7) is 4.63. The number of anilines is 1. The summed E-state index contributed by atoms with van der Waals surface area (Å²) in [5.74, 6) is 0.106. The zero-order valence-electron chi connectivity index (χ0n) is 19.9. The third-order valence-electron chi connectivity index (χ3n) is 5.86.